The van der Waals surface area contributed by atoms with Crippen molar-refractivity contribution in [3.05, 3.63) is 224 Å². The predicted octanol–water partition coefficient (Wildman–Crippen LogP) is 16.7. The molecule has 0 aliphatic rings. The van der Waals surface area contributed by atoms with Gasteiger partial charge in [-0.3, -0.25) is 0 Å². The van der Waals surface area contributed by atoms with Crippen LogP contribution in [0.1, 0.15) is 0 Å². The lowest BCUT2D eigenvalue weighted by Crippen LogP contribution is -1.94. The third-order valence-electron chi connectivity index (χ3n) is 13.4. The molecule has 0 bridgehead atoms. The summed E-state index contributed by atoms with van der Waals surface area (Å²) in [6.07, 6.45) is 0. The number of para-hydroxylation sites is 4. The molecule has 14 rings (SSSR count). The van der Waals surface area contributed by atoms with Crippen LogP contribution in [0.2, 0.25) is 0 Å². The van der Waals surface area contributed by atoms with E-state index in [-0.39, 0.29) is 0 Å². The number of fused-ring (bicyclic) bond motifs is 12. The van der Waals surface area contributed by atoms with Gasteiger partial charge in [-0.05, 0) is 131 Å². The summed E-state index contributed by atoms with van der Waals surface area (Å²) in [7, 11) is 0. The summed E-state index contributed by atoms with van der Waals surface area (Å²) in [5, 5.41) is 10.1. The summed E-state index contributed by atoms with van der Waals surface area (Å²) in [5.41, 5.74) is 15.5. The second kappa shape index (κ2) is 13.7. The molecule has 0 radical (unpaired) electrons. The van der Waals surface area contributed by atoms with Crippen molar-refractivity contribution in [1.82, 2.24) is 13.7 Å². The molecule has 3 nitrogen and oxygen atoms in total. The van der Waals surface area contributed by atoms with Crippen molar-refractivity contribution in [2.75, 3.05) is 0 Å². The Morgan fingerprint density at radius 1 is 0.219 bits per heavy atom. The molecule has 4 heteroatoms. The summed E-state index contributed by atoms with van der Waals surface area (Å²) in [6, 6.07) is 82.8. The average molecular weight is 832 g/mol. The van der Waals surface area contributed by atoms with Gasteiger partial charge < -0.3 is 13.7 Å². The van der Waals surface area contributed by atoms with E-state index < -0.39 is 0 Å². The van der Waals surface area contributed by atoms with Gasteiger partial charge in [0.2, 0.25) is 0 Å². The minimum absolute atomic E-state index is 1.17. The van der Waals surface area contributed by atoms with E-state index in [1.807, 2.05) is 11.3 Å². The maximum absolute atomic E-state index is 2.47. The molecule has 4 heterocycles. The Morgan fingerprint density at radius 3 is 1.06 bits per heavy atom. The first-order valence-electron chi connectivity index (χ1n) is 21.9. The topological polar surface area (TPSA) is 14.8 Å². The summed E-state index contributed by atoms with van der Waals surface area (Å²) >= 11 is 1.86. The number of benzene rings is 10. The fourth-order valence-corrected chi connectivity index (χ4v) is 11.6. The average Bonchev–Trinajstić information content (AvgIpc) is 4.10. The van der Waals surface area contributed by atoms with E-state index in [0.29, 0.717) is 0 Å². The minimum atomic E-state index is 1.17. The smallest absolute Gasteiger partial charge is 0.0541 e. The quantitative estimate of drug-likeness (QED) is 0.164. The first kappa shape index (κ1) is 35.4. The fraction of sp³-hybridized carbons (Fsp3) is 0. The van der Waals surface area contributed by atoms with Gasteiger partial charge in [-0.2, -0.15) is 0 Å². The molecule has 0 aliphatic carbocycles. The Hall–Kier alpha value is -8.18. The van der Waals surface area contributed by atoms with Crippen LogP contribution in [0.15, 0.2) is 224 Å². The highest BCUT2D eigenvalue weighted by Crippen LogP contribution is 2.42. The molecule has 298 valence electrons. The van der Waals surface area contributed by atoms with Gasteiger partial charge in [0.05, 0.1) is 33.1 Å². The molecule has 0 saturated heterocycles. The van der Waals surface area contributed by atoms with Crippen LogP contribution < -0.4 is 0 Å². The number of nitrogens with zero attached hydrogens (tertiary/aromatic N) is 3. The molecular weight excluding hydrogens is 795 g/mol. The molecule has 0 N–H and O–H groups in total. The molecule has 10 aromatic carbocycles. The van der Waals surface area contributed by atoms with Gasteiger partial charge in [0.1, 0.15) is 0 Å². The van der Waals surface area contributed by atoms with E-state index in [4.69, 9.17) is 0 Å². The van der Waals surface area contributed by atoms with Crippen molar-refractivity contribution in [3.63, 3.8) is 0 Å². The zero-order valence-electron chi connectivity index (χ0n) is 34.6. The summed E-state index contributed by atoms with van der Waals surface area (Å²) in [4.78, 5) is 0. The Balaban J connectivity index is 0.984. The van der Waals surface area contributed by atoms with Crippen LogP contribution in [0.4, 0.5) is 0 Å². The van der Waals surface area contributed by atoms with Crippen molar-refractivity contribution >= 4 is 96.9 Å². The zero-order chi connectivity index (χ0) is 41.9. The van der Waals surface area contributed by atoms with Gasteiger partial charge in [0.15, 0.2) is 0 Å². The van der Waals surface area contributed by atoms with Crippen LogP contribution in [0, 0.1) is 0 Å². The lowest BCUT2D eigenvalue weighted by molar-refractivity contribution is 1.18. The zero-order valence-corrected chi connectivity index (χ0v) is 35.4. The molecule has 0 amide bonds. The lowest BCUT2D eigenvalue weighted by Gasteiger charge is -2.10. The first-order valence-corrected chi connectivity index (χ1v) is 22.7. The Bertz CT molecular complexity index is 3970. The molecule has 14 aromatic rings. The molecule has 0 unspecified atom stereocenters. The molecular formula is C60H37N3S. The van der Waals surface area contributed by atoms with Gasteiger partial charge in [-0.15, -0.1) is 11.3 Å². The SMILES string of the molecule is c1ccc(-n2c3ccccc3c3cc(-c4ccc5c(c4)c4cc(-c6ccc7c(c6)c6ccccc6n7-c6ccccc6)ccc4n5-c4ccc5sc6ccccc6c5c4)ccc32)cc1. The highest BCUT2D eigenvalue weighted by Gasteiger charge is 2.19. The Kier molecular flexibility index (Phi) is 7.56. The van der Waals surface area contributed by atoms with E-state index in [1.54, 1.807) is 0 Å². The Labute approximate surface area is 372 Å². The van der Waals surface area contributed by atoms with Crippen LogP contribution in [-0.2, 0) is 0 Å². The van der Waals surface area contributed by atoms with Crippen molar-refractivity contribution in [2.45, 2.75) is 0 Å². The summed E-state index contributed by atoms with van der Waals surface area (Å²) < 4.78 is 9.87. The maximum Gasteiger partial charge on any atom is 0.0541 e. The summed E-state index contributed by atoms with van der Waals surface area (Å²) in [5.74, 6) is 0. The van der Waals surface area contributed by atoms with E-state index in [9.17, 15) is 0 Å². The van der Waals surface area contributed by atoms with Crippen LogP contribution in [-0.4, -0.2) is 13.7 Å². The maximum atomic E-state index is 2.47. The predicted molar refractivity (Wildman–Crippen MR) is 273 cm³/mol. The van der Waals surface area contributed by atoms with Gasteiger partial charge in [0, 0.05) is 69.6 Å². The Morgan fingerprint density at radius 2 is 0.578 bits per heavy atom. The number of thiophene rings is 1. The van der Waals surface area contributed by atoms with E-state index in [1.165, 1.54) is 125 Å². The van der Waals surface area contributed by atoms with Gasteiger partial charge >= 0.3 is 0 Å². The molecule has 0 atom stereocenters. The van der Waals surface area contributed by atoms with Crippen LogP contribution in [0.5, 0.6) is 0 Å². The number of rotatable bonds is 5. The number of aromatic nitrogens is 3. The standard InChI is InChI=1S/C60H37N3S/c1-3-13-42(14-4-1)61-53-20-10-7-17-45(53)48-33-38(23-28-55(48)61)40-25-30-57-50(35-40)51-36-41(26-31-58(51)63(57)44-27-32-60-52(37-44)47-19-9-12-22-59(47)64-60)39-24-29-56-49(34-39)46-18-8-11-21-54(46)62(56)43-15-5-2-6-16-43/h1-37H. The first-order chi connectivity index (χ1) is 31.7. The largest absolute Gasteiger partial charge is 0.309 e. The monoisotopic (exact) mass is 831 g/mol. The fourth-order valence-electron chi connectivity index (χ4n) is 10.5. The third kappa shape index (κ3) is 5.21. The highest BCUT2D eigenvalue weighted by molar-refractivity contribution is 7.25. The molecule has 64 heavy (non-hydrogen) atoms. The van der Waals surface area contributed by atoms with Crippen molar-refractivity contribution in [3.8, 4) is 39.3 Å². The molecule has 4 aromatic heterocycles. The van der Waals surface area contributed by atoms with E-state index in [2.05, 4.69) is 238 Å². The number of hydrogen-bond donors (Lipinski definition) is 0. The van der Waals surface area contributed by atoms with Crippen molar-refractivity contribution in [2.24, 2.45) is 0 Å². The minimum Gasteiger partial charge on any atom is -0.309 e. The normalized spacial score (nSPS) is 12.1. The second-order valence-corrected chi connectivity index (χ2v) is 18.0. The highest BCUT2D eigenvalue weighted by atomic mass is 32.1. The summed E-state index contributed by atoms with van der Waals surface area (Å²) in [6.45, 7) is 0. The third-order valence-corrected chi connectivity index (χ3v) is 14.6. The van der Waals surface area contributed by atoms with Gasteiger partial charge in [-0.1, -0.05) is 115 Å². The van der Waals surface area contributed by atoms with Crippen molar-refractivity contribution < 1.29 is 0 Å². The van der Waals surface area contributed by atoms with E-state index in [0.717, 1.165) is 0 Å². The molecule has 0 spiro atoms. The number of hydrogen-bond acceptors (Lipinski definition) is 1. The second-order valence-electron chi connectivity index (χ2n) is 16.9. The van der Waals surface area contributed by atoms with Gasteiger partial charge in [-0.25, -0.2) is 0 Å². The van der Waals surface area contributed by atoms with Crippen LogP contribution >= 0.6 is 11.3 Å². The molecule has 0 saturated carbocycles. The van der Waals surface area contributed by atoms with Gasteiger partial charge in [0.25, 0.3) is 0 Å². The van der Waals surface area contributed by atoms with E-state index >= 15 is 0 Å². The lowest BCUT2D eigenvalue weighted by atomic mass is 9.98. The van der Waals surface area contributed by atoms with Crippen LogP contribution in [0.3, 0.4) is 0 Å². The van der Waals surface area contributed by atoms with Crippen molar-refractivity contribution in [1.29, 1.82) is 0 Å². The molecule has 0 fully saturated rings. The van der Waals surface area contributed by atoms with Crippen LogP contribution in [0.25, 0.3) is 125 Å². The molecule has 0 aliphatic heterocycles.